The van der Waals surface area contributed by atoms with Crippen molar-refractivity contribution in [3.8, 4) is 0 Å². The van der Waals surface area contributed by atoms with E-state index in [1.807, 2.05) is 28.7 Å². The molecule has 0 aliphatic carbocycles. The van der Waals surface area contributed by atoms with E-state index in [9.17, 15) is 9.59 Å². The molecule has 1 aromatic heterocycles. The van der Waals surface area contributed by atoms with Crippen molar-refractivity contribution in [3.05, 3.63) is 22.4 Å². The fourth-order valence-electron chi connectivity index (χ4n) is 1.83. The fourth-order valence-corrected chi connectivity index (χ4v) is 2.49. The number of rotatable bonds is 8. The number of ether oxygens (including phenoxy) is 1. The predicted octanol–water partition coefficient (Wildman–Crippen LogP) is 1.59. The monoisotopic (exact) mass is 298 g/mol. The highest BCUT2D eigenvalue weighted by molar-refractivity contribution is 7.07. The van der Waals surface area contributed by atoms with Gasteiger partial charge in [-0.15, -0.1) is 0 Å². The highest BCUT2D eigenvalue weighted by Crippen LogP contribution is 2.08. The zero-order chi connectivity index (χ0) is 15.0. The van der Waals surface area contributed by atoms with Crippen molar-refractivity contribution in [2.75, 3.05) is 33.8 Å². The Kier molecular flexibility index (Phi) is 7.25. The minimum atomic E-state index is -0.313. The molecular formula is C14H22N2O3S. The minimum absolute atomic E-state index is 0.00792. The van der Waals surface area contributed by atoms with Crippen LogP contribution in [0.2, 0.25) is 0 Å². The van der Waals surface area contributed by atoms with E-state index in [0.717, 1.165) is 12.0 Å². The lowest BCUT2D eigenvalue weighted by Gasteiger charge is -2.23. The van der Waals surface area contributed by atoms with Gasteiger partial charge in [-0.1, -0.05) is 6.92 Å². The first-order chi connectivity index (χ1) is 9.56. The first kappa shape index (κ1) is 16.7. The average Bonchev–Trinajstić information content (AvgIpc) is 2.91. The van der Waals surface area contributed by atoms with Crippen LogP contribution < -0.4 is 0 Å². The number of hydrogen-bond donors (Lipinski definition) is 0. The summed E-state index contributed by atoms with van der Waals surface area (Å²) in [6.45, 7) is 3.71. The van der Waals surface area contributed by atoms with Gasteiger partial charge in [0.15, 0.2) is 0 Å². The lowest BCUT2D eigenvalue weighted by Crippen LogP contribution is -2.41. The molecule has 112 valence electrons. The Balaban J connectivity index is 2.49. The van der Waals surface area contributed by atoms with Crippen LogP contribution in [0.4, 0.5) is 0 Å². The maximum Gasteiger partial charge on any atom is 0.319 e. The number of nitrogens with zero attached hydrogens (tertiary/aromatic N) is 2. The molecule has 0 atom stereocenters. The molecule has 6 heteroatoms. The van der Waals surface area contributed by atoms with Crippen molar-refractivity contribution in [1.82, 2.24) is 9.80 Å². The summed E-state index contributed by atoms with van der Waals surface area (Å²) < 4.78 is 4.65. The summed E-state index contributed by atoms with van der Waals surface area (Å²) in [5, 5.41) is 4.02. The molecule has 1 heterocycles. The van der Waals surface area contributed by atoms with Gasteiger partial charge in [0.1, 0.15) is 0 Å². The summed E-state index contributed by atoms with van der Waals surface area (Å²) in [6, 6.07) is 2.01. The second-order valence-electron chi connectivity index (χ2n) is 4.67. The van der Waals surface area contributed by atoms with Gasteiger partial charge in [-0.05, 0) is 35.4 Å². The molecule has 0 unspecified atom stereocenters. The van der Waals surface area contributed by atoms with Gasteiger partial charge in [-0.3, -0.25) is 14.5 Å². The Morgan fingerprint density at radius 1 is 1.35 bits per heavy atom. The largest absolute Gasteiger partial charge is 0.468 e. The Morgan fingerprint density at radius 2 is 2.10 bits per heavy atom. The molecule has 1 aromatic rings. The van der Waals surface area contributed by atoms with Crippen LogP contribution in [0.25, 0.3) is 0 Å². The summed E-state index contributed by atoms with van der Waals surface area (Å²) in [7, 11) is 3.14. The number of thiophene rings is 1. The van der Waals surface area contributed by atoms with Gasteiger partial charge in [0.2, 0.25) is 5.91 Å². The van der Waals surface area contributed by atoms with E-state index >= 15 is 0 Å². The Labute approximate surface area is 124 Å². The molecule has 0 aliphatic heterocycles. The maximum atomic E-state index is 12.2. The second-order valence-corrected chi connectivity index (χ2v) is 5.45. The van der Waals surface area contributed by atoms with Gasteiger partial charge in [-0.25, -0.2) is 0 Å². The third-order valence-corrected chi connectivity index (χ3v) is 3.64. The average molecular weight is 298 g/mol. The van der Waals surface area contributed by atoms with Crippen LogP contribution in [0.5, 0.6) is 0 Å². The highest BCUT2D eigenvalue weighted by Gasteiger charge is 2.17. The standard InChI is InChI=1S/C14H22N2O3S/c1-4-6-16(10-14(18)19-3)9-13(17)15(2)8-12-5-7-20-11-12/h5,7,11H,4,6,8-10H2,1-3H3. The first-order valence-corrected chi connectivity index (χ1v) is 7.55. The molecule has 0 saturated heterocycles. The molecule has 0 aliphatic rings. The number of amides is 1. The van der Waals surface area contributed by atoms with Crippen LogP contribution in [-0.4, -0.2) is 55.5 Å². The molecule has 20 heavy (non-hydrogen) atoms. The van der Waals surface area contributed by atoms with E-state index in [2.05, 4.69) is 4.74 Å². The Bertz CT molecular complexity index is 420. The van der Waals surface area contributed by atoms with Crippen LogP contribution in [0.1, 0.15) is 18.9 Å². The number of likely N-dealkylation sites (N-methyl/N-ethyl adjacent to an activating group) is 1. The van der Waals surface area contributed by atoms with Gasteiger partial charge in [0, 0.05) is 13.6 Å². The van der Waals surface area contributed by atoms with E-state index in [1.165, 1.54) is 7.11 Å². The van der Waals surface area contributed by atoms with E-state index in [-0.39, 0.29) is 25.0 Å². The topological polar surface area (TPSA) is 49.9 Å². The van der Waals surface area contributed by atoms with E-state index in [4.69, 9.17) is 0 Å². The molecule has 0 saturated carbocycles. The van der Waals surface area contributed by atoms with Crippen molar-refractivity contribution in [2.24, 2.45) is 0 Å². The zero-order valence-electron chi connectivity index (χ0n) is 12.3. The fraction of sp³-hybridized carbons (Fsp3) is 0.571. The molecule has 0 radical (unpaired) electrons. The molecule has 0 aromatic carbocycles. The van der Waals surface area contributed by atoms with E-state index in [0.29, 0.717) is 13.1 Å². The Morgan fingerprint density at radius 3 is 2.65 bits per heavy atom. The number of methoxy groups -OCH3 is 1. The van der Waals surface area contributed by atoms with Crippen LogP contribution >= 0.6 is 11.3 Å². The normalized spacial score (nSPS) is 10.6. The van der Waals surface area contributed by atoms with Gasteiger partial charge in [0.05, 0.1) is 20.2 Å². The van der Waals surface area contributed by atoms with Gasteiger partial charge in [0.25, 0.3) is 0 Å². The molecule has 0 fully saturated rings. The maximum absolute atomic E-state index is 12.2. The third kappa shape index (κ3) is 5.71. The predicted molar refractivity (Wildman–Crippen MR) is 79.5 cm³/mol. The van der Waals surface area contributed by atoms with Gasteiger partial charge >= 0.3 is 5.97 Å². The first-order valence-electron chi connectivity index (χ1n) is 6.61. The number of carbonyl (C=O) groups excluding carboxylic acids is 2. The SMILES string of the molecule is CCCN(CC(=O)OC)CC(=O)N(C)Cc1ccsc1. The van der Waals surface area contributed by atoms with Gasteiger partial charge in [-0.2, -0.15) is 11.3 Å². The van der Waals surface area contributed by atoms with Crippen LogP contribution in [0.3, 0.4) is 0 Å². The van der Waals surface area contributed by atoms with Gasteiger partial charge < -0.3 is 9.64 Å². The number of esters is 1. The van der Waals surface area contributed by atoms with Crippen molar-refractivity contribution in [2.45, 2.75) is 19.9 Å². The molecule has 0 bridgehead atoms. The van der Waals surface area contributed by atoms with Crippen LogP contribution in [0.15, 0.2) is 16.8 Å². The highest BCUT2D eigenvalue weighted by atomic mass is 32.1. The molecule has 5 nitrogen and oxygen atoms in total. The quantitative estimate of drug-likeness (QED) is 0.684. The van der Waals surface area contributed by atoms with Crippen LogP contribution in [0, 0.1) is 0 Å². The lowest BCUT2D eigenvalue weighted by atomic mass is 10.3. The Hall–Kier alpha value is -1.40. The molecule has 0 N–H and O–H groups in total. The minimum Gasteiger partial charge on any atom is -0.468 e. The summed E-state index contributed by atoms with van der Waals surface area (Å²) in [4.78, 5) is 27.0. The van der Waals surface area contributed by atoms with Crippen molar-refractivity contribution in [3.63, 3.8) is 0 Å². The summed E-state index contributed by atoms with van der Waals surface area (Å²) in [5.74, 6) is -0.305. The molecular weight excluding hydrogens is 276 g/mol. The summed E-state index contributed by atoms with van der Waals surface area (Å²) in [6.07, 6.45) is 0.887. The zero-order valence-corrected chi connectivity index (χ0v) is 13.1. The van der Waals surface area contributed by atoms with E-state index < -0.39 is 0 Å². The second kappa shape index (κ2) is 8.71. The summed E-state index contributed by atoms with van der Waals surface area (Å²) in [5.41, 5.74) is 1.13. The van der Waals surface area contributed by atoms with E-state index in [1.54, 1.807) is 23.3 Å². The number of carbonyl (C=O) groups is 2. The molecule has 1 amide bonds. The van der Waals surface area contributed by atoms with Crippen LogP contribution in [-0.2, 0) is 20.9 Å². The lowest BCUT2D eigenvalue weighted by molar-refractivity contribution is -0.142. The van der Waals surface area contributed by atoms with Crippen molar-refractivity contribution in [1.29, 1.82) is 0 Å². The summed E-state index contributed by atoms with van der Waals surface area (Å²) >= 11 is 1.62. The molecule has 0 spiro atoms. The number of hydrogen-bond acceptors (Lipinski definition) is 5. The third-order valence-electron chi connectivity index (χ3n) is 2.90. The van der Waals surface area contributed by atoms with Crippen molar-refractivity contribution < 1.29 is 14.3 Å². The smallest absolute Gasteiger partial charge is 0.319 e. The van der Waals surface area contributed by atoms with Crippen molar-refractivity contribution >= 4 is 23.2 Å². The molecule has 1 rings (SSSR count).